The minimum Gasteiger partial charge on any atom is -0.450 e. The highest BCUT2D eigenvalue weighted by atomic mass is 35.5. The number of carbonyl (C=O) groups is 1. The topological polar surface area (TPSA) is 51.2 Å². The zero-order valence-corrected chi connectivity index (χ0v) is 8.44. The molecule has 1 rings (SSSR count). The zero-order valence-electron chi connectivity index (χ0n) is 7.68. The van der Waals surface area contributed by atoms with Crippen LogP contribution < -0.4 is 5.32 Å². The number of rotatable bonds is 2. The van der Waals surface area contributed by atoms with E-state index in [0.29, 0.717) is 6.07 Å². The number of nitrogens with one attached hydrogen (secondary N) is 1. The van der Waals surface area contributed by atoms with E-state index in [4.69, 9.17) is 11.6 Å². The lowest BCUT2D eigenvalue weighted by Crippen LogP contribution is -2.15. The van der Waals surface area contributed by atoms with Gasteiger partial charge < -0.3 is 4.74 Å². The van der Waals surface area contributed by atoms with Gasteiger partial charge in [0.1, 0.15) is 0 Å². The number of carbonyl (C=O) groups excluding carboxylic acids is 1. The molecule has 0 aliphatic rings. The molecule has 0 aliphatic carbocycles. The Morgan fingerprint density at radius 2 is 2.33 bits per heavy atom. The maximum atomic E-state index is 13.0. The molecule has 0 fully saturated rings. The van der Waals surface area contributed by atoms with E-state index < -0.39 is 28.7 Å². The van der Waals surface area contributed by atoms with E-state index in [1.54, 1.807) is 6.92 Å². The molecule has 0 aromatic carbocycles. The van der Waals surface area contributed by atoms with Gasteiger partial charge in [0.2, 0.25) is 5.95 Å². The average molecular weight is 237 g/mol. The second-order valence-electron chi connectivity index (χ2n) is 2.44. The fraction of sp³-hybridized carbons (Fsp3) is 0.250. The van der Waals surface area contributed by atoms with Crippen molar-refractivity contribution >= 4 is 23.5 Å². The third kappa shape index (κ3) is 3.02. The first kappa shape index (κ1) is 11.6. The number of halogens is 3. The van der Waals surface area contributed by atoms with E-state index in [1.165, 1.54) is 0 Å². The van der Waals surface area contributed by atoms with Crippen molar-refractivity contribution in [2.75, 3.05) is 11.9 Å². The van der Waals surface area contributed by atoms with Crippen LogP contribution in [0.4, 0.5) is 19.4 Å². The lowest BCUT2D eigenvalue weighted by molar-refractivity contribution is 0.167. The van der Waals surface area contributed by atoms with Gasteiger partial charge in [-0.05, 0) is 6.92 Å². The second kappa shape index (κ2) is 4.88. The number of ether oxygens (including phenoxy) is 1. The van der Waals surface area contributed by atoms with Crippen molar-refractivity contribution in [1.29, 1.82) is 0 Å². The summed E-state index contributed by atoms with van der Waals surface area (Å²) in [5.74, 6) is -2.56. The predicted octanol–water partition coefficient (Wildman–Crippen LogP) is 2.58. The van der Waals surface area contributed by atoms with Gasteiger partial charge in [-0.1, -0.05) is 11.6 Å². The molecular formula is C8H7ClF2N2O2. The molecule has 1 N–H and O–H groups in total. The van der Waals surface area contributed by atoms with Crippen molar-refractivity contribution in [3.05, 3.63) is 22.9 Å². The predicted molar refractivity (Wildman–Crippen MR) is 49.8 cm³/mol. The van der Waals surface area contributed by atoms with Crippen molar-refractivity contribution in [2.45, 2.75) is 6.92 Å². The van der Waals surface area contributed by atoms with Crippen molar-refractivity contribution in [2.24, 2.45) is 0 Å². The fourth-order valence-corrected chi connectivity index (χ4v) is 0.934. The average Bonchev–Trinajstić information content (AvgIpc) is 2.14. The molecule has 0 bridgehead atoms. The van der Waals surface area contributed by atoms with Gasteiger partial charge >= 0.3 is 6.09 Å². The fourth-order valence-electron chi connectivity index (χ4n) is 0.796. The number of anilines is 1. The van der Waals surface area contributed by atoms with E-state index in [1.807, 2.05) is 5.32 Å². The molecule has 0 radical (unpaired) electrons. The van der Waals surface area contributed by atoms with Gasteiger partial charge in [0.15, 0.2) is 11.6 Å². The van der Waals surface area contributed by atoms with Crippen LogP contribution in [-0.4, -0.2) is 17.7 Å². The van der Waals surface area contributed by atoms with Crippen LogP contribution in [-0.2, 0) is 4.74 Å². The molecule has 1 heterocycles. The van der Waals surface area contributed by atoms with Gasteiger partial charge in [-0.3, -0.25) is 5.32 Å². The first-order valence-corrected chi connectivity index (χ1v) is 4.37. The molecule has 1 aromatic rings. The lowest BCUT2D eigenvalue weighted by atomic mass is 10.4. The summed E-state index contributed by atoms with van der Waals surface area (Å²) in [5, 5.41) is 1.48. The lowest BCUT2D eigenvalue weighted by Gasteiger charge is -2.05. The Kier molecular flexibility index (Phi) is 3.79. The molecule has 0 spiro atoms. The summed E-state index contributed by atoms with van der Waals surface area (Å²) in [6.45, 7) is 1.69. The van der Waals surface area contributed by atoms with Gasteiger partial charge in [0.05, 0.1) is 11.6 Å². The molecule has 82 valence electrons. The molecule has 0 atom stereocenters. The first-order chi connectivity index (χ1) is 7.04. The number of pyridine rings is 1. The third-order valence-corrected chi connectivity index (χ3v) is 1.65. The summed E-state index contributed by atoms with van der Waals surface area (Å²) in [6, 6.07) is 0.714. The van der Waals surface area contributed by atoms with E-state index in [0.717, 1.165) is 0 Å². The monoisotopic (exact) mass is 236 g/mol. The Hall–Kier alpha value is -1.43. The van der Waals surface area contributed by atoms with Crippen LogP contribution in [0.25, 0.3) is 0 Å². The maximum absolute atomic E-state index is 13.0. The van der Waals surface area contributed by atoms with Crippen molar-refractivity contribution in [1.82, 2.24) is 4.98 Å². The molecule has 1 amide bonds. The Labute approximate surface area is 89.2 Å². The van der Waals surface area contributed by atoms with Gasteiger partial charge in [0.25, 0.3) is 0 Å². The van der Waals surface area contributed by atoms with Crippen LogP contribution in [0.15, 0.2) is 6.07 Å². The molecule has 1 aromatic heterocycles. The summed E-state index contributed by atoms with van der Waals surface area (Å²) in [6.07, 6.45) is -0.911. The molecule has 15 heavy (non-hydrogen) atoms. The zero-order chi connectivity index (χ0) is 11.4. The number of aromatic nitrogens is 1. The highest BCUT2D eigenvalue weighted by Gasteiger charge is 2.13. The molecule has 0 saturated heterocycles. The van der Waals surface area contributed by atoms with Crippen LogP contribution in [0.1, 0.15) is 6.92 Å². The Morgan fingerprint density at radius 3 is 2.93 bits per heavy atom. The third-order valence-electron chi connectivity index (χ3n) is 1.38. The van der Waals surface area contributed by atoms with Gasteiger partial charge in [0, 0.05) is 6.07 Å². The largest absolute Gasteiger partial charge is 0.450 e. The smallest absolute Gasteiger partial charge is 0.412 e. The van der Waals surface area contributed by atoms with Crippen LogP contribution >= 0.6 is 11.6 Å². The summed E-state index contributed by atoms with van der Waals surface area (Å²) in [4.78, 5) is 14.0. The SMILES string of the molecule is CCOC(=O)Nc1nc(F)c(Cl)cc1F. The summed E-state index contributed by atoms with van der Waals surface area (Å²) in [7, 11) is 0. The number of amides is 1. The van der Waals surface area contributed by atoms with Crippen molar-refractivity contribution < 1.29 is 18.3 Å². The number of hydrogen-bond acceptors (Lipinski definition) is 3. The summed E-state index contributed by atoms with van der Waals surface area (Å²) >= 11 is 5.26. The molecule has 0 aliphatic heterocycles. The van der Waals surface area contributed by atoms with Crippen LogP contribution in [0.5, 0.6) is 0 Å². The van der Waals surface area contributed by atoms with Crippen LogP contribution in [0, 0.1) is 11.8 Å². The molecular weight excluding hydrogens is 230 g/mol. The van der Waals surface area contributed by atoms with E-state index in [2.05, 4.69) is 9.72 Å². The molecule has 7 heteroatoms. The van der Waals surface area contributed by atoms with Gasteiger partial charge in [-0.15, -0.1) is 0 Å². The second-order valence-corrected chi connectivity index (χ2v) is 2.84. The van der Waals surface area contributed by atoms with Crippen LogP contribution in [0.2, 0.25) is 5.02 Å². The standard InChI is InChI=1S/C8H7ClF2N2O2/c1-2-15-8(14)13-7-5(10)3-4(9)6(11)12-7/h3H,2H2,1H3,(H,12,13,14). The van der Waals surface area contributed by atoms with E-state index >= 15 is 0 Å². The van der Waals surface area contributed by atoms with E-state index in [9.17, 15) is 13.6 Å². The minimum absolute atomic E-state index is 0.115. The summed E-state index contributed by atoms with van der Waals surface area (Å²) in [5.41, 5.74) is 0. The number of nitrogens with zero attached hydrogens (tertiary/aromatic N) is 1. The quantitative estimate of drug-likeness (QED) is 0.803. The normalized spacial score (nSPS) is 9.87. The molecule has 0 unspecified atom stereocenters. The van der Waals surface area contributed by atoms with Gasteiger partial charge in [-0.2, -0.15) is 9.37 Å². The number of hydrogen-bond donors (Lipinski definition) is 1. The van der Waals surface area contributed by atoms with Crippen molar-refractivity contribution in [3.8, 4) is 0 Å². The summed E-state index contributed by atoms with van der Waals surface area (Å²) < 4.78 is 30.3. The van der Waals surface area contributed by atoms with Crippen molar-refractivity contribution in [3.63, 3.8) is 0 Å². The maximum Gasteiger partial charge on any atom is 0.412 e. The van der Waals surface area contributed by atoms with E-state index in [-0.39, 0.29) is 6.61 Å². The molecule has 0 saturated carbocycles. The molecule has 4 nitrogen and oxygen atoms in total. The highest BCUT2D eigenvalue weighted by Crippen LogP contribution is 2.19. The van der Waals surface area contributed by atoms with Gasteiger partial charge in [-0.25, -0.2) is 9.18 Å². The highest BCUT2D eigenvalue weighted by molar-refractivity contribution is 6.30. The first-order valence-electron chi connectivity index (χ1n) is 4.00. The Bertz CT molecular complexity index is 387. The minimum atomic E-state index is -1.06. The Balaban J connectivity index is 2.86. The van der Waals surface area contributed by atoms with Crippen LogP contribution in [0.3, 0.4) is 0 Å². The Morgan fingerprint density at radius 1 is 1.67 bits per heavy atom.